The number of fused-ring (bicyclic) bond motifs is 1. The van der Waals surface area contributed by atoms with Crippen LogP contribution in [-0.2, 0) is 10.0 Å². The predicted molar refractivity (Wildman–Crippen MR) is 112 cm³/mol. The molecule has 1 aliphatic heterocycles. The molecule has 0 saturated carbocycles. The third kappa shape index (κ3) is 3.95. The van der Waals surface area contributed by atoms with E-state index in [9.17, 15) is 22.0 Å². The van der Waals surface area contributed by atoms with Crippen molar-refractivity contribution in [1.29, 1.82) is 0 Å². The summed E-state index contributed by atoms with van der Waals surface area (Å²) >= 11 is 0. The highest BCUT2D eigenvalue weighted by Crippen LogP contribution is 2.37. The largest absolute Gasteiger partial charge is 0.465 e. The number of hydrogen-bond donors (Lipinski definition) is 2. The molecule has 2 N–H and O–H groups in total. The molecule has 164 valence electrons. The lowest BCUT2D eigenvalue weighted by molar-refractivity contribution is 0.133. The molecule has 0 spiro atoms. The van der Waals surface area contributed by atoms with Crippen molar-refractivity contribution >= 4 is 32.7 Å². The Balaban J connectivity index is 1.75. The summed E-state index contributed by atoms with van der Waals surface area (Å²) in [6.07, 6.45) is -1.82. The number of anilines is 1. The topological polar surface area (TPSA) is 91.6 Å². The number of benzene rings is 2. The summed E-state index contributed by atoms with van der Waals surface area (Å²) in [4.78, 5) is 12.4. The van der Waals surface area contributed by atoms with Crippen LogP contribution in [0.4, 0.5) is 19.3 Å². The minimum absolute atomic E-state index is 0.00659. The molecule has 7 nitrogen and oxygen atoms in total. The number of likely N-dealkylation sites (tertiary alicyclic amines) is 1. The number of carboxylic acid groups (broad SMARTS) is 1. The highest BCUT2D eigenvalue weighted by atomic mass is 32.2. The van der Waals surface area contributed by atoms with E-state index in [0.29, 0.717) is 31.6 Å². The number of halogens is 2. The molecule has 31 heavy (non-hydrogen) atoms. The first-order valence-electron chi connectivity index (χ1n) is 9.76. The van der Waals surface area contributed by atoms with Gasteiger partial charge in [-0.15, -0.1) is 0 Å². The van der Waals surface area contributed by atoms with Crippen molar-refractivity contribution < 1.29 is 27.1 Å². The van der Waals surface area contributed by atoms with E-state index in [1.807, 2.05) is 0 Å². The van der Waals surface area contributed by atoms with E-state index in [2.05, 4.69) is 5.32 Å². The number of hydrogen-bond acceptors (Lipinski definition) is 4. The van der Waals surface area contributed by atoms with Gasteiger partial charge in [-0.3, -0.25) is 0 Å². The summed E-state index contributed by atoms with van der Waals surface area (Å²) < 4.78 is 54.9. The Morgan fingerprint density at radius 1 is 1.06 bits per heavy atom. The Morgan fingerprint density at radius 2 is 1.74 bits per heavy atom. The summed E-state index contributed by atoms with van der Waals surface area (Å²) in [5.41, 5.74) is 0.191. The van der Waals surface area contributed by atoms with Gasteiger partial charge in [0, 0.05) is 42.0 Å². The van der Waals surface area contributed by atoms with Gasteiger partial charge in [0.15, 0.2) is 0 Å². The summed E-state index contributed by atoms with van der Waals surface area (Å²) in [5, 5.41) is 12.5. The number of rotatable bonds is 5. The van der Waals surface area contributed by atoms with Crippen molar-refractivity contribution in [3.8, 4) is 0 Å². The van der Waals surface area contributed by atoms with Crippen LogP contribution in [0.3, 0.4) is 0 Å². The molecule has 0 bridgehead atoms. The molecule has 1 fully saturated rings. The molecule has 1 amide bonds. The Kier molecular flexibility index (Phi) is 5.57. The van der Waals surface area contributed by atoms with Gasteiger partial charge in [-0.1, -0.05) is 24.3 Å². The number of nitrogens with zero attached hydrogens (tertiary/aromatic N) is 2. The van der Waals surface area contributed by atoms with Gasteiger partial charge in [0.25, 0.3) is 16.4 Å². The number of aromatic nitrogens is 1. The van der Waals surface area contributed by atoms with Crippen LogP contribution >= 0.6 is 0 Å². The van der Waals surface area contributed by atoms with Crippen molar-refractivity contribution in [2.75, 3.05) is 18.4 Å². The van der Waals surface area contributed by atoms with Crippen LogP contribution in [0.25, 0.3) is 10.9 Å². The molecule has 0 aliphatic carbocycles. The Bertz CT molecular complexity index is 1200. The summed E-state index contributed by atoms with van der Waals surface area (Å²) in [7, 11) is -4.06. The molecule has 1 aliphatic rings. The molecule has 0 atom stereocenters. The van der Waals surface area contributed by atoms with E-state index in [1.54, 1.807) is 30.3 Å². The lowest BCUT2D eigenvalue weighted by atomic mass is 10.0. The van der Waals surface area contributed by atoms with E-state index >= 15 is 0 Å². The number of nitrogens with one attached hydrogen (secondary N) is 1. The Hall–Kier alpha value is -3.14. The van der Waals surface area contributed by atoms with Crippen LogP contribution in [0.15, 0.2) is 59.6 Å². The maximum absolute atomic E-state index is 13.9. The molecule has 1 saturated heterocycles. The maximum Gasteiger partial charge on any atom is 0.407 e. The fourth-order valence-electron chi connectivity index (χ4n) is 3.91. The van der Waals surface area contributed by atoms with Crippen molar-refractivity contribution in [3.63, 3.8) is 0 Å². The average Bonchev–Trinajstić information content (AvgIpc) is 3.17. The molecule has 0 unspecified atom stereocenters. The van der Waals surface area contributed by atoms with Gasteiger partial charge in [-0.05, 0) is 37.1 Å². The van der Waals surface area contributed by atoms with Crippen LogP contribution in [0.5, 0.6) is 0 Å². The van der Waals surface area contributed by atoms with Gasteiger partial charge >= 0.3 is 6.09 Å². The second kappa shape index (κ2) is 8.18. The highest BCUT2D eigenvalue weighted by Gasteiger charge is 2.27. The molecular formula is C21H21F2N3O4S. The number of carbonyl (C=O) groups is 1. The molecule has 3 aromatic rings. The monoisotopic (exact) mass is 449 g/mol. The molecule has 2 aromatic carbocycles. The highest BCUT2D eigenvalue weighted by molar-refractivity contribution is 7.90. The van der Waals surface area contributed by atoms with E-state index < -0.39 is 22.5 Å². The van der Waals surface area contributed by atoms with Gasteiger partial charge in [0.2, 0.25) is 0 Å². The maximum atomic E-state index is 13.9. The van der Waals surface area contributed by atoms with Gasteiger partial charge in [0.1, 0.15) is 0 Å². The van der Waals surface area contributed by atoms with Crippen molar-refractivity contribution in [3.05, 3.63) is 60.3 Å². The van der Waals surface area contributed by atoms with Crippen LogP contribution in [0.1, 0.15) is 24.8 Å². The van der Waals surface area contributed by atoms with E-state index in [0.717, 1.165) is 10.2 Å². The Labute approximate surface area is 177 Å². The van der Waals surface area contributed by atoms with Gasteiger partial charge in [-0.25, -0.2) is 26.0 Å². The van der Waals surface area contributed by atoms with E-state index in [-0.39, 0.29) is 27.4 Å². The van der Waals surface area contributed by atoms with Crippen LogP contribution < -0.4 is 5.32 Å². The molecular weight excluding hydrogens is 428 g/mol. The van der Waals surface area contributed by atoms with E-state index in [4.69, 9.17) is 5.11 Å². The minimum atomic E-state index is -4.06. The quantitative estimate of drug-likeness (QED) is 0.604. The van der Waals surface area contributed by atoms with Crippen LogP contribution in [-0.4, -0.2) is 47.6 Å². The number of amides is 1. The van der Waals surface area contributed by atoms with E-state index in [1.165, 1.54) is 23.1 Å². The molecule has 0 radical (unpaired) electrons. The molecule has 2 heterocycles. The van der Waals surface area contributed by atoms with Gasteiger partial charge in [-0.2, -0.15) is 0 Å². The third-order valence-electron chi connectivity index (χ3n) is 5.49. The lowest BCUT2D eigenvalue weighted by Gasteiger charge is -2.31. The van der Waals surface area contributed by atoms with Crippen LogP contribution in [0.2, 0.25) is 0 Å². The summed E-state index contributed by atoms with van der Waals surface area (Å²) in [6, 6.07) is 12.3. The Morgan fingerprint density at radius 3 is 2.35 bits per heavy atom. The lowest BCUT2D eigenvalue weighted by Crippen LogP contribution is -2.41. The van der Waals surface area contributed by atoms with Gasteiger partial charge in [0.05, 0.1) is 10.4 Å². The average molecular weight is 449 g/mol. The van der Waals surface area contributed by atoms with Crippen molar-refractivity contribution in [2.24, 2.45) is 0 Å². The SMILES string of the molecule is O=C(O)N1CCC(Nc2cccc3c2c(C(F)F)cn3S(=O)(=O)c2ccccc2)CC1. The zero-order chi connectivity index (χ0) is 22.2. The van der Waals surface area contributed by atoms with Gasteiger partial charge < -0.3 is 15.3 Å². The van der Waals surface area contributed by atoms with Crippen molar-refractivity contribution in [2.45, 2.75) is 30.2 Å². The fourth-order valence-corrected chi connectivity index (χ4v) is 5.30. The first-order chi connectivity index (χ1) is 14.8. The first kappa shape index (κ1) is 21.1. The molecule has 1 aromatic heterocycles. The zero-order valence-corrected chi connectivity index (χ0v) is 17.2. The second-order valence-electron chi connectivity index (χ2n) is 7.39. The minimum Gasteiger partial charge on any atom is -0.465 e. The normalized spacial score (nSPS) is 15.5. The fraction of sp³-hybridized carbons (Fsp3) is 0.286. The van der Waals surface area contributed by atoms with Crippen LogP contribution in [0, 0.1) is 0 Å². The standard InChI is InChI=1S/C21H21F2N3O4S/c22-20(23)16-13-26(31(29,30)15-5-2-1-3-6-15)18-8-4-7-17(19(16)18)24-14-9-11-25(12-10-14)21(27)28/h1-8,13-14,20,24H,9-12H2,(H,27,28). The number of piperidine rings is 1. The molecule has 4 rings (SSSR count). The summed E-state index contributed by atoms with van der Waals surface area (Å²) in [6.45, 7) is 0.683. The van der Waals surface area contributed by atoms with Crippen molar-refractivity contribution in [1.82, 2.24) is 8.87 Å². The predicted octanol–water partition coefficient (Wildman–Crippen LogP) is 4.37. The smallest absolute Gasteiger partial charge is 0.407 e. The third-order valence-corrected chi connectivity index (χ3v) is 7.17. The summed E-state index contributed by atoms with van der Waals surface area (Å²) in [5.74, 6) is 0. The second-order valence-corrected chi connectivity index (χ2v) is 9.20. The molecule has 10 heteroatoms. The first-order valence-corrected chi connectivity index (χ1v) is 11.2. The zero-order valence-electron chi connectivity index (χ0n) is 16.4. The number of alkyl halides is 2.